The highest BCUT2D eigenvalue weighted by Gasteiger charge is 2.56. The number of alkyl carbamates (subject to hydrolysis) is 1. The summed E-state index contributed by atoms with van der Waals surface area (Å²) >= 11 is 17.6. The highest BCUT2D eigenvalue weighted by Crippen LogP contribution is 2.35. The molecule has 1 amide bonds. The van der Waals surface area contributed by atoms with E-state index in [1.807, 2.05) is 91.0 Å². The van der Waals surface area contributed by atoms with Crippen LogP contribution >= 0.6 is 34.8 Å². The van der Waals surface area contributed by atoms with Crippen LogP contribution in [-0.2, 0) is 86.3 Å². The van der Waals surface area contributed by atoms with E-state index in [1.54, 1.807) is 0 Å². The Balaban J connectivity index is 1.59. The van der Waals surface area contributed by atoms with Crippen molar-refractivity contribution in [3.05, 3.63) is 108 Å². The Labute approximate surface area is 374 Å². The van der Waals surface area contributed by atoms with E-state index >= 15 is 0 Å². The number of ether oxygens (including phenoxy) is 11. The van der Waals surface area contributed by atoms with Gasteiger partial charge in [-0.15, -0.1) is 0 Å². The molecule has 2 fully saturated rings. The number of amides is 1. The molecule has 0 aliphatic carbocycles. The third-order valence-corrected chi connectivity index (χ3v) is 9.76. The number of benzene rings is 3. The zero-order chi connectivity index (χ0) is 44.6. The molecule has 3 aromatic rings. The first-order valence-electron chi connectivity index (χ1n) is 19.6. The van der Waals surface area contributed by atoms with Crippen molar-refractivity contribution < 1.29 is 71.3 Å². The molecule has 0 unspecified atom stereocenters. The average molecular weight is 927 g/mol. The van der Waals surface area contributed by atoms with Gasteiger partial charge in [-0.05, 0) is 16.7 Å². The fraction of sp³-hybridized carbons (Fsp3) is 0.488. The number of nitrogens with one attached hydrogen (secondary N) is 1. The molecule has 0 aromatic heterocycles. The smallest absolute Gasteiger partial charge is 0.407 e. The number of hydrogen-bond acceptors (Lipinski definition) is 15. The van der Waals surface area contributed by atoms with Crippen LogP contribution in [0.1, 0.15) is 37.5 Å². The molecule has 1 N–H and O–H groups in total. The van der Waals surface area contributed by atoms with Gasteiger partial charge in [-0.1, -0.05) is 126 Å². The van der Waals surface area contributed by atoms with Crippen LogP contribution in [0, 0.1) is 0 Å². The van der Waals surface area contributed by atoms with E-state index in [0.717, 1.165) is 30.5 Å². The molecular formula is C43H50Cl3NO15. The molecule has 0 spiro atoms. The second-order valence-electron chi connectivity index (χ2n) is 14.3. The monoisotopic (exact) mass is 925 g/mol. The maximum Gasteiger partial charge on any atom is 0.407 e. The Morgan fingerprint density at radius 3 is 1.61 bits per heavy atom. The summed E-state index contributed by atoms with van der Waals surface area (Å²) in [4.78, 5) is 50.8. The molecule has 2 aliphatic heterocycles. The van der Waals surface area contributed by atoms with Crippen LogP contribution in [0.15, 0.2) is 91.0 Å². The van der Waals surface area contributed by atoms with Gasteiger partial charge in [0.25, 0.3) is 0 Å². The van der Waals surface area contributed by atoms with Gasteiger partial charge in [0.15, 0.2) is 24.8 Å². The van der Waals surface area contributed by atoms with Crippen molar-refractivity contribution in [2.45, 2.75) is 106 Å². The summed E-state index contributed by atoms with van der Waals surface area (Å²) in [5.74, 6) is -2.34. The van der Waals surface area contributed by atoms with Crippen molar-refractivity contribution in [2.75, 3.05) is 26.9 Å². The zero-order valence-electron chi connectivity index (χ0n) is 34.4. The van der Waals surface area contributed by atoms with Gasteiger partial charge >= 0.3 is 24.0 Å². The standard InChI is InChI=1S/C43H50Cl3NO15/c1-26(48)54-24-33-35(58-27(2)49)37(59-28(3)50)34(47-42(51)57-25-43(44,45)46)40(60-33)62-36-32(23-53-20-29-14-8-5-9-15-29)61-41(52-4)39(56-22-31-18-12-7-13-19-31)38(36)55-21-30-16-10-6-11-17-30/h5-19,32-41H,20-25H2,1-4H3,(H,47,51)/t32-,33-,34-,35-,36-,37-,38+,39-,40+,41+/m1/s1. The van der Waals surface area contributed by atoms with Gasteiger partial charge in [-0.2, -0.15) is 0 Å². The quantitative estimate of drug-likeness (QED) is 0.0872. The molecule has 338 valence electrons. The molecule has 3 aromatic carbocycles. The van der Waals surface area contributed by atoms with Crippen molar-refractivity contribution in [1.29, 1.82) is 0 Å². The highest BCUT2D eigenvalue weighted by molar-refractivity contribution is 6.67. The number of hydrogen-bond donors (Lipinski definition) is 1. The van der Waals surface area contributed by atoms with Crippen molar-refractivity contribution >= 4 is 58.8 Å². The molecule has 0 bridgehead atoms. The fourth-order valence-electron chi connectivity index (χ4n) is 6.79. The summed E-state index contributed by atoms with van der Waals surface area (Å²) in [5.41, 5.74) is 2.54. The van der Waals surface area contributed by atoms with Crippen LogP contribution in [0.5, 0.6) is 0 Å². The first kappa shape index (κ1) is 49.0. The van der Waals surface area contributed by atoms with Crippen LogP contribution in [0.25, 0.3) is 0 Å². The van der Waals surface area contributed by atoms with Crippen molar-refractivity contribution in [2.24, 2.45) is 0 Å². The lowest BCUT2D eigenvalue weighted by Crippen LogP contribution is -2.69. The van der Waals surface area contributed by atoms with Crippen molar-refractivity contribution in [3.63, 3.8) is 0 Å². The predicted molar refractivity (Wildman–Crippen MR) is 222 cm³/mol. The minimum absolute atomic E-state index is 0.0703. The zero-order valence-corrected chi connectivity index (χ0v) is 36.7. The lowest BCUT2D eigenvalue weighted by molar-refractivity contribution is -0.356. The third kappa shape index (κ3) is 15.3. The summed E-state index contributed by atoms with van der Waals surface area (Å²) in [6.07, 6.45) is -12.3. The second kappa shape index (κ2) is 24.1. The number of rotatable bonds is 19. The van der Waals surface area contributed by atoms with Crippen LogP contribution in [-0.4, -0.2) is 116 Å². The largest absolute Gasteiger partial charge is 0.463 e. The molecule has 62 heavy (non-hydrogen) atoms. The van der Waals surface area contributed by atoms with E-state index in [0.29, 0.717) is 0 Å². The van der Waals surface area contributed by atoms with Gasteiger partial charge in [0.05, 0.1) is 26.4 Å². The van der Waals surface area contributed by atoms with Gasteiger partial charge in [0.2, 0.25) is 3.79 Å². The number of carbonyl (C=O) groups is 4. The van der Waals surface area contributed by atoms with Crippen molar-refractivity contribution in [3.8, 4) is 0 Å². The highest BCUT2D eigenvalue weighted by atomic mass is 35.6. The van der Waals surface area contributed by atoms with E-state index in [1.165, 1.54) is 14.0 Å². The van der Waals surface area contributed by atoms with E-state index in [4.69, 9.17) is 86.9 Å². The van der Waals surface area contributed by atoms with Gasteiger partial charge in [-0.3, -0.25) is 14.4 Å². The first-order chi connectivity index (χ1) is 29.7. The minimum Gasteiger partial charge on any atom is -0.463 e. The Hall–Kier alpha value is -4.07. The lowest BCUT2D eigenvalue weighted by atomic mass is 9.94. The molecular weight excluding hydrogens is 877 g/mol. The molecule has 19 heteroatoms. The maximum atomic E-state index is 13.4. The Kier molecular flexibility index (Phi) is 19.0. The lowest BCUT2D eigenvalue weighted by Gasteiger charge is -2.49. The molecule has 16 nitrogen and oxygen atoms in total. The van der Waals surface area contributed by atoms with Gasteiger partial charge in [-0.25, -0.2) is 4.79 Å². The number of alkyl halides is 3. The SMILES string of the molecule is CO[C@H]1O[C@H](COCc2ccccc2)[C@@H](O[C@@H]2O[C@H](COC(C)=O)[C@@H](OC(C)=O)[C@H](OC(C)=O)[C@H]2NC(=O)OCC(Cl)(Cl)Cl)[C@H](OCc2ccccc2)[C@H]1OCc1ccccc1. The fourth-order valence-corrected chi connectivity index (χ4v) is 6.95. The van der Waals surface area contributed by atoms with Crippen LogP contribution in [0.2, 0.25) is 0 Å². The molecule has 2 aliphatic rings. The maximum absolute atomic E-state index is 13.4. The summed E-state index contributed by atoms with van der Waals surface area (Å²) in [6.45, 7) is 2.50. The van der Waals surface area contributed by atoms with Crippen LogP contribution in [0.4, 0.5) is 4.79 Å². The number of halogens is 3. The van der Waals surface area contributed by atoms with E-state index < -0.39 is 102 Å². The molecule has 5 rings (SSSR count). The van der Waals surface area contributed by atoms with Gasteiger partial charge < -0.3 is 57.4 Å². The number of esters is 3. The molecule has 2 heterocycles. The number of carbonyl (C=O) groups excluding carboxylic acids is 4. The Bertz CT molecular complexity index is 1860. The Morgan fingerprint density at radius 2 is 1.10 bits per heavy atom. The van der Waals surface area contributed by atoms with Crippen LogP contribution in [0.3, 0.4) is 0 Å². The first-order valence-corrected chi connectivity index (χ1v) is 20.7. The number of methoxy groups -OCH3 is 1. The summed E-state index contributed by atoms with van der Waals surface area (Å²) in [5, 5.41) is 2.57. The molecule has 0 saturated carbocycles. The van der Waals surface area contributed by atoms with E-state index in [9.17, 15) is 19.2 Å². The molecule has 0 radical (unpaired) electrons. The van der Waals surface area contributed by atoms with Gasteiger partial charge in [0, 0.05) is 27.9 Å². The Morgan fingerprint density at radius 1 is 0.597 bits per heavy atom. The average Bonchev–Trinajstić information content (AvgIpc) is 3.24. The summed E-state index contributed by atoms with van der Waals surface area (Å²) in [6, 6.07) is 26.7. The van der Waals surface area contributed by atoms with Crippen LogP contribution < -0.4 is 5.32 Å². The normalized spacial score (nSPS) is 26.2. The van der Waals surface area contributed by atoms with E-state index in [2.05, 4.69) is 5.32 Å². The van der Waals surface area contributed by atoms with Gasteiger partial charge in [0.1, 0.15) is 49.8 Å². The third-order valence-electron chi connectivity index (χ3n) is 9.43. The predicted octanol–water partition coefficient (Wildman–Crippen LogP) is 5.75. The summed E-state index contributed by atoms with van der Waals surface area (Å²) < 4.78 is 65.1. The molecule has 10 atom stereocenters. The second-order valence-corrected chi connectivity index (χ2v) is 16.8. The molecule has 2 saturated heterocycles. The minimum atomic E-state index is -2.00. The van der Waals surface area contributed by atoms with E-state index in [-0.39, 0.29) is 26.4 Å². The topological polar surface area (TPSA) is 182 Å². The summed E-state index contributed by atoms with van der Waals surface area (Å²) in [7, 11) is 1.46. The van der Waals surface area contributed by atoms with Crippen molar-refractivity contribution in [1.82, 2.24) is 5.32 Å².